The summed E-state index contributed by atoms with van der Waals surface area (Å²) in [7, 11) is 0. The van der Waals surface area contributed by atoms with Gasteiger partial charge in [0.05, 0.1) is 5.54 Å². The van der Waals surface area contributed by atoms with Gasteiger partial charge in [-0.1, -0.05) is 61.0 Å². The summed E-state index contributed by atoms with van der Waals surface area (Å²) < 4.78 is 0. The largest absolute Gasteiger partial charge is 0.478 e. The van der Waals surface area contributed by atoms with Crippen molar-refractivity contribution in [1.82, 2.24) is 10.2 Å². The van der Waals surface area contributed by atoms with Gasteiger partial charge >= 0.3 is 5.97 Å². The van der Waals surface area contributed by atoms with Crippen LogP contribution in [0, 0.1) is 0 Å². The van der Waals surface area contributed by atoms with Crippen LogP contribution in [0.3, 0.4) is 0 Å². The summed E-state index contributed by atoms with van der Waals surface area (Å²) in [6, 6.07) is 19.1. The molecule has 0 saturated carbocycles. The minimum Gasteiger partial charge on any atom is -0.478 e. The lowest BCUT2D eigenvalue weighted by Crippen LogP contribution is -2.55. The quantitative estimate of drug-likeness (QED) is 0.699. The number of benzene rings is 2. The van der Waals surface area contributed by atoms with Gasteiger partial charge in [-0.25, -0.2) is 4.79 Å². The lowest BCUT2D eigenvalue weighted by Gasteiger charge is -2.38. The summed E-state index contributed by atoms with van der Waals surface area (Å²) in [6.45, 7) is 3.00. The molecule has 4 rings (SSSR count). The summed E-state index contributed by atoms with van der Waals surface area (Å²) >= 11 is 0. The number of aliphatic carboxylic acids is 1. The topological polar surface area (TPSA) is 69.6 Å². The molecular formula is C26H30N2O3. The first kappa shape index (κ1) is 21.3. The summed E-state index contributed by atoms with van der Waals surface area (Å²) in [4.78, 5) is 25.8. The van der Waals surface area contributed by atoms with E-state index in [4.69, 9.17) is 5.11 Å². The third-order valence-electron chi connectivity index (χ3n) is 6.66. The van der Waals surface area contributed by atoms with Crippen LogP contribution >= 0.6 is 0 Å². The van der Waals surface area contributed by atoms with Crippen molar-refractivity contribution >= 4 is 18.0 Å². The molecule has 0 aliphatic carbocycles. The predicted molar refractivity (Wildman–Crippen MR) is 121 cm³/mol. The van der Waals surface area contributed by atoms with Gasteiger partial charge < -0.3 is 10.4 Å². The predicted octanol–water partition coefficient (Wildman–Crippen LogP) is 4.55. The highest BCUT2D eigenvalue weighted by Gasteiger charge is 2.50. The summed E-state index contributed by atoms with van der Waals surface area (Å²) in [5.41, 5.74) is 3.09. The normalized spacial score (nSPS) is 26.8. The van der Waals surface area contributed by atoms with Crippen LogP contribution in [-0.2, 0) is 16.1 Å². The number of carboxylic acids is 1. The Kier molecular flexibility index (Phi) is 6.23. The van der Waals surface area contributed by atoms with Gasteiger partial charge in [0, 0.05) is 31.1 Å². The van der Waals surface area contributed by atoms with Gasteiger partial charge in [-0.3, -0.25) is 9.69 Å². The van der Waals surface area contributed by atoms with Crippen LogP contribution in [0.15, 0.2) is 60.7 Å². The highest BCUT2D eigenvalue weighted by Crippen LogP contribution is 2.45. The van der Waals surface area contributed by atoms with Crippen molar-refractivity contribution in [3.05, 3.63) is 77.4 Å². The first-order valence-corrected chi connectivity index (χ1v) is 11.1. The number of hydrogen-bond donors (Lipinski definition) is 2. The Balaban J connectivity index is 1.63. The zero-order valence-electron chi connectivity index (χ0n) is 18.0. The van der Waals surface area contributed by atoms with Gasteiger partial charge in [0.1, 0.15) is 0 Å². The fourth-order valence-corrected chi connectivity index (χ4v) is 5.18. The van der Waals surface area contributed by atoms with E-state index in [2.05, 4.69) is 53.5 Å². The minimum atomic E-state index is -0.947. The van der Waals surface area contributed by atoms with Gasteiger partial charge in [0.15, 0.2) is 0 Å². The zero-order valence-corrected chi connectivity index (χ0v) is 18.0. The molecule has 2 N–H and O–H groups in total. The number of likely N-dealkylation sites (tertiary alicyclic amines) is 1. The van der Waals surface area contributed by atoms with Crippen LogP contribution in [-0.4, -0.2) is 33.5 Å². The smallest absolute Gasteiger partial charge is 0.328 e. The molecule has 2 aromatic rings. The molecule has 0 unspecified atom stereocenters. The molecule has 2 aromatic carbocycles. The fraction of sp³-hybridized carbons (Fsp3) is 0.385. The molecule has 2 saturated heterocycles. The minimum absolute atomic E-state index is 0.162. The molecule has 31 heavy (non-hydrogen) atoms. The van der Waals surface area contributed by atoms with E-state index >= 15 is 0 Å². The van der Waals surface area contributed by atoms with Crippen molar-refractivity contribution < 1.29 is 14.7 Å². The molecule has 2 heterocycles. The van der Waals surface area contributed by atoms with Crippen LogP contribution in [0.25, 0.3) is 6.08 Å². The van der Waals surface area contributed by atoms with E-state index in [1.165, 1.54) is 11.1 Å². The number of amides is 1. The van der Waals surface area contributed by atoms with Crippen molar-refractivity contribution in [3.8, 4) is 0 Å². The average Bonchev–Trinajstić information content (AvgIpc) is 3.00. The van der Waals surface area contributed by atoms with Gasteiger partial charge in [-0.05, 0) is 49.0 Å². The molecule has 0 bridgehead atoms. The van der Waals surface area contributed by atoms with E-state index in [-0.39, 0.29) is 23.5 Å². The van der Waals surface area contributed by atoms with Crippen LogP contribution < -0.4 is 5.32 Å². The Hall–Kier alpha value is -2.92. The number of nitrogens with one attached hydrogen (secondary N) is 1. The molecule has 1 amide bonds. The molecule has 5 heteroatoms. The Bertz CT molecular complexity index is 954. The lowest BCUT2D eigenvalue weighted by molar-refractivity contribution is -0.131. The van der Waals surface area contributed by atoms with Crippen molar-refractivity contribution in [3.63, 3.8) is 0 Å². The van der Waals surface area contributed by atoms with Crippen molar-refractivity contribution in [2.24, 2.45) is 0 Å². The van der Waals surface area contributed by atoms with Gasteiger partial charge in [0.25, 0.3) is 0 Å². The molecule has 2 aliphatic heterocycles. The standard InChI is InChI=1S/C26H30N2O3/c1-26-17-22(21-7-3-2-4-8-21)28(23(26)9-5-6-10-24(29)27-26)18-20-13-11-19(12-14-20)15-16-25(30)31/h2-4,7-8,11-16,22-23H,5-6,9-10,17-18H2,1H3,(H,27,29)(H,30,31)/b16-15+/t22-,23-,26-/m0/s1. The second kappa shape index (κ2) is 9.06. The van der Waals surface area contributed by atoms with Crippen molar-refractivity contribution in [2.45, 2.75) is 63.2 Å². The van der Waals surface area contributed by atoms with Gasteiger partial charge in [-0.2, -0.15) is 0 Å². The second-order valence-electron chi connectivity index (χ2n) is 8.94. The van der Waals surface area contributed by atoms with Gasteiger partial charge in [0.2, 0.25) is 5.91 Å². The van der Waals surface area contributed by atoms with Crippen LogP contribution in [0.4, 0.5) is 0 Å². The zero-order chi connectivity index (χ0) is 21.8. The third-order valence-corrected chi connectivity index (χ3v) is 6.66. The number of carbonyl (C=O) groups excluding carboxylic acids is 1. The van der Waals surface area contributed by atoms with Crippen LogP contribution in [0.5, 0.6) is 0 Å². The Labute approximate surface area is 183 Å². The van der Waals surface area contributed by atoms with E-state index in [0.29, 0.717) is 6.42 Å². The average molecular weight is 419 g/mol. The monoisotopic (exact) mass is 418 g/mol. The van der Waals surface area contributed by atoms with Crippen molar-refractivity contribution in [1.29, 1.82) is 0 Å². The maximum atomic E-state index is 12.5. The second-order valence-corrected chi connectivity index (χ2v) is 8.94. The van der Waals surface area contributed by atoms with Crippen LogP contribution in [0.1, 0.15) is 61.8 Å². The summed E-state index contributed by atoms with van der Waals surface area (Å²) in [5, 5.41) is 12.2. The molecule has 162 valence electrons. The molecule has 0 radical (unpaired) electrons. The SMILES string of the molecule is C[C@]12C[C@@H](c3ccccc3)N(Cc3ccc(/C=C/C(=O)O)cc3)[C@H]1CCCCC(=O)N2. The number of rotatable bonds is 5. The Morgan fingerprint density at radius 2 is 1.90 bits per heavy atom. The number of hydrogen-bond acceptors (Lipinski definition) is 3. The molecule has 0 aromatic heterocycles. The molecule has 3 atom stereocenters. The number of carbonyl (C=O) groups is 2. The highest BCUT2D eigenvalue weighted by atomic mass is 16.4. The number of fused-ring (bicyclic) bond motifs is 1. The van der Waals surface area contributed by atoms with Crippen LogP contribution in [0.2, 0.25) is 0 Å². The maximum Gasteiger partial charge on any atom is 0.328 e. The molecule has 2 fully saturated rings. The van der Waals surface area contributed by atoms with E-state index in [0.717, 1.165) is 43.9 Å². The summed E-state index contributed by atoms with van der Waals surface area (Å²) in [5.74, 6) is -0.784. The van der Waals surface area contributed by atoms with E-state index in [9.17, 15) is 9.59 Å². The Morgan fingerprint density at radius 3 is 2.61 bits per heavy atom. The number of carboxylic acid groups (broad SMARTS) is 1. The first-order chi connectivity index (χ1) is 14.9. The fourth-order valence-electron chi connectivity index (χ4n) is 5.18. The highest BCUT2D eigenvalue weighted by molar-refractivity contribution is 5.85. The molecular weight excluding hydrogens is 388 g/mol. The van der Waals surface area contributed by atoms with Gasteiger partial charge in [-0.15, -0.1) is 0 Å². The van der Waals surface area contributed by atoms with Crippen molar-refractivity contribution in [2.75, 3.05) is 0 Å². The number of nitrogens with zero attached hydrogens (tertiary/aromatic N) is 1. The lowest BCUT2D eigenvalue weighted by atomic mass is 9.85. The first-order valence-electron chi connectivity index (χ1n) is 11.1. The Morgan fingerprint density at radius 1 is 1.16 bits per heavy atom. The molecule has 5 nitrogen and oxygen atoms in total. The maximum absolute atomic E-state index is 12.5. The van der Waals surface area contributed by atoms with E-state index in [1.807, 2.05) is 18.2 Å². The molecule has 0 spiro atoms. The summed E-state index contributed by atoms with van der Waals surface area (Å²) in [6.07, 6.45) is 7.34. The third kappa shape index (κ3) is 4.88. The van der Waals surface area contributed by atoms with E-state index < -0.39 is 5.97 Å². The van der Waals surface area contributed by atoms with E-state index in [1.54, 1.807) is 6.08 Å². The molecule has 2 aliphatic rings.